The Morgan fingerprint density at radius 2 is 1.53 bits per heavy atom. The molecule has 0 unspecified atom stereocenters. The number of carbonyl (C=O) groups is 2. The summed E-state index contributed by atoms with van der Waals surface area (Å²) >= 11 is 7.31. The normalized spacial score (nSPS) is 27.2. The van der Waals surface area contributed by atoms with Crippen molar-refractivity contribution < 1.29 is 18.9 Å². The molecule has 2 amide bonds. The number of nitro groups is 1. The minimum Gasteiger partial charge on any atom is -0.274 e. The van der Waals surface area contributed by atoms with Gasteiger partial charge in [0, 0.05) is 5.92 Å². The molecule has 2 atom stereocenters. The molecule has 1 saturated heterocycles. The maximum absolute atomic E-state index is 13.7. The molecule has 3 aromatic rings. The van der Waals surface area contributed by atoms with Crippen LogP contribution < -0.4 is 4.90 Å². The second-order valence-electron chi connectivity index (χ2n) is 8.27. The van der Waals surface area contributed by atoms with Crippen LogP contribution in [0.5, 0.6) is 0 Å². The van der Waals surface area contributed by atoms with Crippen molar-refractivity contribution in [2.45, 2.75) is 10.8 Å². The number of rotatable bonds is 2. The molecule has 2 bridgehead atoms. The molecule has 32 heavy (non-hydrogen) atoms. The van der Waals surface area contributed by atoms with E-state index in [4.69, 9.17) is 11.6 Å². The lowest BCUT2D eigenvalue weighted by Crippen LogP contribution is -2.50. The topological polar surface area (TPSA) is 80.5 Å². The molecule has 8 heteroatoms. The molecule has 1 aliphatic heterocycles. The lowest BCUT2D eigenvalue weighted by Gasteiger charge is -2.50. The van der Waals surface area contributed by atoms with Crippen LogP contribution in [-0.2, 0) is 14.5 Å². The van der Waals surface area contributed by atoms with Gasteiger partial charge in [0.05, 0.1) is 22.8 Å². The summed E-state index contributed by atoms with van der Waals surface area (Å²) in [5.74, 6) is -4.15. The summed E-state index contributed by atoms with van der Waals surface area (Å²) in [7, 11) is 0. The van der Waals surface area contributed by atoms with Crippen LogP contribution in [0.15, 0.2) is 66.7 Å². The highest BCUT2D eigenvalue weighted by atomic mass is 35.5. The van der Waals surface area contributed by atoms with Gasteiger partial charge in [-0.2, -0.15) is 0 Å². The maximum Gasteiger partial charge on any atom is 0.296 e. The third kappa shape index (κ3) is 2.14. The molecule has 3 aromatic carbocycles. The average Bonchev–Trinajstić information content (AvgIpc) is 3.06. The molecule has 0 spiro atoms. The summed E-state index contributed by atoms with van der Waals surface area (Å²) in [6, 6.07) is 17.8. The summed E-state index contributed by atoms with van der Waals surface area (Å²) < 4.78 is 13.7. The summed E-state index contributed by atoms with van der Waals surface area (Å²) in [4.78, 5) is 37.7. The number of halogens is 2. The van der Waals surface area contributed by atoms with E-state index in [1.165, 1.54) is 0 Å². The first-order valence-corrected chi connectivity index (χ1v) is 10.4. The summed E-state index contributed by atoms with van der Waals surface area (Å²) in [6.45, 7) is 0. The van der Waals surface area contributed by atoms with Gasteiger partial charge >= 0.3 is 0 Å². The number of imide groups is 1. The van der Waals surface area contributed by atoms with Crippen molar-refractivity contribution in [2.24, 2.45) is 11.8 Å². The Morgan fingerprint density at radius 3 is 2.12 bits per heavy atom. The highest BCUT2D eigenvalue weighted by Crippen LogP contribution is 2.66. The van der Waals surface area contributed by atoms with Gasteiger partial charge in [-0.1, -0.05) is 48.5 Å². The van der Waals surface area contributed by atoms with E-state index in [0.29, 0.717) is 6.07 Å². The van der Waals surface area contributed by atoms with Crippen molar-refractivity contribution in [3.05, 3.63) is 105 Å². The van der Waals surface area contributed by atoms with Crippen molar-refractivity contribution in [3.63, 3.8) is 0 Å². The van der Waals surface area contributed by atoms with Crippen LogP contribution in [-0.4, -0.2) is 16.7 Å². The third-order valence-electron chi connectivity index (χ3n) is 6.89. The Labute approximate surface area is 186 Å². The smallest absolute Gasteiger partial charge is 0.274 e. The second-order valence-corrected chi connectivity index (χ2v) is 8.87. The average molecular weight is 449 g/mol. The number of hydrogen-bond donors (Lipinski definition) is 0. The molecule has 0 saturated carbocycles. The van der Waals surface area contributed by atoms with Crippen LogP contribution in [0.4, 0.5) is 15.8 Å². The standard InChI is InChI=1S/C24H14ClFN2O4/c25-24-15-7-3-1-5-13(15)19(14-6-2-4-8-16(14)24)20-21(24)23(30)27(22(20)29)17-10-9-12(26)11-18(17)28(31)32/h1-11,19-21H/t19?,20-,21+,24?/m1/s1. The number of carbonyl (C=O) groups excluding carboxylic acids is 2. The molecule has 1 fully saturated rings. The Hall–Kier alpha value is -3.58. The SMILES string of the molecule is O=C1[C@@H]2C3c4ccccc4C(Cl)(c4ccccc43)[C@@H]2C(=O)N1c1ccc(F)cc1[N+](=O)[O-]. The number of benzene rings is 3. The molecule has 0 radical (unpaired) electrons. The van der Waals surface area contributed by atoms with Crippen molar-refractivity contribution in [2.75, 3.05) is 4.90 Å². The van der Waals surface area contributed by atoms with Crippen LogP contribution in [0.3, 0.4) is 0 Å². The molecular formula is C24H14ClFN2O4. The van der Waals surface area contributed by atoms with Crippen LogP contribution in [0, 0.1) is 27.8 Å². The van der Waals surface area contributed by atoms with Gasteiger partial charge in [0.25, 0.3) is 5.69 Å². The van der Waals surface area contributed by atoms with Crippen molar-refractivity contribution in [1.82, 2.24) is 0 Å². The molecule has 0 N–H and O–H groups in total. The second kappa shape index (κ2) is 6.23. The van der Waals surface area contributed by atoms with Crippen molar-refractivity contribution in [3.8, 4) is 0 Å². The van der Waals surface area contributed by atoms with E-state index in [0.717, 1.165) is 39.3 Å². The lowest BCUT2D eigenvalue weighted by atomic mass is 9.54. The van der Waals surface area contributed by atoms with E-state index in [9.17, 15) is 24.1 Å². The van der Waals surface area contributed by atoms with E-state index in [1.54, 1.807) is 0 Å². The van der Waals surface area contributed by atoms with Crippen molar-refractivity contribution >= 4 is 34.8 Å². The van der Waals surface area contributed by atoms with Crippen LogP contribution in [0.25, 0.3) is 0 Å². The molecule has 6 nitrogen and oxygen atoms in total. The van der Waals surface area contributed by atoms with Gasteiger partial charge in [-0.15, -0.1) is 11.6 Å². The summed E-state index contributed by atoms with van der Waals surface area (Å²) in [6.07, 6.45) is 0. The minimum atomic E-state index is -1.29. The van der Waals surface area contributed by atoms with E-state index in [2.05, 4.69) is 0 Å². The zero-order chi connectivity index (χ0) is 22.4. The highest BCUT2D eigenvalue weighted by molar-refractivity contribution is 6.33. The first-order chi connectivity index (χ1) is 15.4. The molecule has 7 rings (SSSR count). The first kappa shape index (κ1) is 19.1. The fourth-order valence-electron chi connectivity index (χ4n) is 5.75. The van der Waals surface area contributed by atoms with Crippen LogP contribution in [0.1, 0.15) is 28.2 Å². The molecule has 4 aliphatic rings. The van der Waals surface area contributed by atoms with Gasteiger partial charge in [0.15, 0.2) is 0 Å². The molecule has 1 heterocycles. The Kier molecular flexibility index (Phi) is 3.73. The van der Waals surface area contributed by atoms with E-state index in [1.807, 2.05) is 48.5 Å². The van der Waals surface area contributed by atoms with Crippen LogP contribution in [0.2, 0.25) is 0 Å². The van der Waals surface area contributed by atoms with Crippen molar-refractivity contribution in [1.29, 1.82) is 0 Å². The fraction of sp³-hybridized carbons (Fsp3) is 0.167. The Morgan fingerprint density at radius 1 is 0.938 bits per heavy atom. The quantitative estimate of drug-likeness (QED) is 0.250. The summed E-state index contributed by atoms with van der Waals surface area (Å²) in [5.41, 5.74) is 2.40. The van der Waals surface area contributed by atoms with Crippen LogP contribution >= 0.6 is 11.6 Å². The zero-order valence-corrected chi connectivity index (χ0v) is 17.1. The molecule has 158 valence electrons. The number of nitro benzene ring substituents is 1. The number of nitrogens with zero attached hydrogens (tertiary/aromatic N) is 2. The lowest BCUT2D eigenvalue weighted by molar-refractivity contribution is -0.384. The fourth-order valence-corrected chi connectivity index (χ4v) is 6.32. The Balaban J connectivity index is 1.61. The molecule has 0 aromatic heterocycles. The third-order valence-corrected chi connectivity index (χ3v) is 7.53. The predicted molar refractivity (Wildman–Crippen MR) is 114 cm³/mol. The zero-order valence-electron chi connectivity index (χ0n) is 16.4. The number of anilines is 1. The number of hydrogen-bond acceptors (Lipinski definition) is 4. The largest absolute Gasteiger partial charge is 0.296 e. The van der Waals surface area contributed by atoms with E-state index >= 15 is 0 Å². The predicted octanol–water partition coefficient (Wildman–Crippen LogP) is 4.48. The monoisotopic (exact) mass is 448 g/mol. The van der Waals surface area contributed by atoms with Gasteiger partial charge in [0.2, 0.25) is 11.8 Å². The number of alkyl halides is 1. The van der Waals surface area contributed by atoms with E-state index < -0.39 is 50.9 Å². The van der Waals surface area contributed by atoms with E-state index in [-0.39, 0.29) is 5.69 Å². The van der Waals surface area contributed by atoms with Gasteiger partial charge in [-0.05, 0) is 34.4 Å². The Bertz CT molecular complexity index is 1330. The number of amides is 2. The van der Waals surface area contributed by atoms with Gasteiger partial charge in [0.1, 0.15) is 16.4 Å². The minimum absolute atomic E-state index is 0.242. The molecular weight excluding hydrogens is 435 g/mol. The van der Waals surface area contributed by atoms with Gasteiger partial charge < -0.3 is 0 Å². The first-order valence-electron chi connectivity index (χ1n) is 10.0. The maximum atomic E-state index is 13.7. The highest BCUT2D eigenvalue weighted by Gasteiger charge is 2.68. The van der Waals surface area contributed by atoms with Gasteiger partial charge in [-0.3, -0.25) is 19.7 Å². The molecule has 3 aliphatic carbocycles. The summed E-state index contributed by atoms with van der Waals surface area (Å²) in [5, 5.41) is 11.6. The van der Waals surface area contributed by atoms with Gasteiger partial charge in [-0.25, -0.2) is 9.29 Å².